The van der Waals surface area contributed by atoms with Crippen LogP contribution in [0, 0.1) is 5.92 Å². The summed E-state index contributed by atoms with van der Waals surface area (Å²) in [5.74, 6) is 0.324. The highest BCUT2D eigenvalue weighted by Gasteiger charge is 2.66. The van der Waals surface area contributed by atoms with Gasteiger partial charge in [-0.2, -0.15) is 0 Å². The fraction of sp³-hybridized carbons (Fsp3) is 0.271. The van der Waals surface area contributed by atoms with Crippen LogP contribution >= 0.6 is 0 Å². The SMILES string of the molecule is COc1ccc([Si](C)(C)[C@H]2[C@H](CCn3cc(CCO)nn3)O[C@@]3(C(=O)N(Cc4ccc(N(C=O)c5ccccc5)cc4)c4ccc(N(C=O)c5ccccc5)cc43)[C@@H]2C)cc1. The summed E-state index contributed by atoms with van der Waals surface area (Å²) in [6, 6.07) is 40.6. The number of anilines is 5. The number of hydrogen-bond donors (Lipinski definition) is 1. The van der Waals surface area contributed by atoms with E-state index in [2.05, 4.69) is 42.5 Å². The lowest BCUT2D eigenvalue weighted by Gasteiger charge is -2.37. The molecular formula is C48H50N6O6Si. The van der Waals surface area contributed by atoms with E-state index in [0.717, 1.165) is 41.1 Å². The first-order chi connectivity index (χ1) is 29.6. The molecule has 4 atom stereocenters. The van der Waals surface area contributed by atoms with Crippen molar-refractivity contribution in [1.29, 1.82) is 0 Å². The molecule has 0 unspecified atom stereocenters. The van der Waals surface area contributed by atoms with Crippen molar-refractivity contribution < 1.29 is 29.0 Å². The minimum atomic E-state index is -2.47. The number of ether oxygens (including phenoxy) is 2. The van der Waals surface area contributed by atoms with E-state index in [1.807, 2.05) is 126 Å². The van der Waals surface area contributed by atoms with E-state index in [1.165, 1.54) is 5.19 Å². The molecule has 2 aliphatic rings. The predicted octanol–water partition coefficient (Wildman–Crippen LogP) is 7.26. The summed E-state index contributed by atoms with van der Waals surface area (Å²) in [4.78, 5) is 45.6. The number of nitrogens with zero attached hydrogens (tertiary/aromatic N) is 6. The fourth-order valence-electron chi connectivity index (χ4n) is 9.48. The van der Waals surface area contributed by atoms with E-state index in [9.17, 15) is 14.7 Å². The molecule has 1 saturated heterocycles. The first-order valence-electron chi connectivity index (χ1n) is 20.6. The molecule has 5 aromatic carbocycles. The summed E-state index contributed by atoms with van der Waals surface area (Å²) in [6.07, 6.45) is 4.07. The highest BCUT2D eigenvalue weighted by Crippen LogP contribution is 2.60. The zero-order valence-electron chi connectivity index (χ0n) is 34.8. The highest BCUT2D eigenvalue weighted by atomic mass is 28.3. The molecule has 312 valence electrons. The third-order valence-electron chi connectivity index (χ3n) is 12.5. The van der Waals surface area contributed by atoms with Gasteiger partial charge < -0.3 is 19.5 Å². The molecule has 1 N–H and O–H groups in total. The summed E-state index contributed by atoms with van der Waals surface area (Å²) >= 11 is 0. The lowest BCUT2D eigenvalue weighted by molar-refractivity contribution is -0.146. The van der Waals surface area contributed by atoms with Crippen molar-refractivity contribution in [3.05, 3.63) is 150 Å². The van der Waals surface area contributed by atoms with Gasteiger partial charge in [-0.05, 0) is 84.3 Å². The molecule has 6 aromatic rings. The number of carbonyl (C=O) groups is 3. The molecular weight excluding hydrogens is 785 g/mol. The van der Waals surface area contributed by atoms with Gasteiger partial charge in [0.15, 0.2) is 5.60 Å². The summed E-state index contributed by atoms with van der Waals surface area (Å²) in [6.45, 7) is 7.58. The Morgan fingerprint density at radius 1 is 0.836 bits per heavy atom. The van der Waals surface area contributed by atoms with E-state index >= 15 is 4.79 Å². The summed E-state index contributed by atoms with van der Waals surface area (Å²) in [5, 5.41) is 19.3. The van der Waals surface area contributed by atoms with Crippen LogP contribution in [-0.2, 0) is 44.2 Å². The zero-order chi connectivity index (χ0) is 42.7. The van der Waals surface area contributed by atoms with Crippen LogP contribution in [0.15, 0.2) is 134 Å². The molecule has 0 radical (unpaired) electrons. The largest absolute Gasteiger partial charge is 0.497 e. The number of aromatic nitrogens is 3. The molecule has 1 spiro atoms. The number of hydrogen-bond acceptors (Lipinski definition) is 8. The average molecular weight is 835 g/mol. The van der Waals surface area contributed by atoms with Crippen LogP contribution in [0.5, 0.6) is 5.75 Å². The minimum absolute atomic E-state index is 0.0188. The molecule has 61 heavy (non-hydrogen) atoms. The standard InChI is InChI=1S/C48H50N6O6Si/c1-34-46(61(3,4)42-22-20-41(59-2)21-23-42)45(25-27-51-31-36(26-28-55)49-50-51)60-48(34)43-29-40(54(33-57)38-13-9-6-10-14-38)19-24-44(43)52(47(48)58)30-35-15-17-39(18-16-35)53(32-56)37-11-7-5-8-12-37/h5-24,29,31-34,45-46,55H,25-28,30H2,1-4H3/t34-,45+,46-,48+/m1/s1. The Labute approximate surface area is 357 Å². The van der Waals surface area contributed by atoms with E-state index in [0.29, 0.717) is 42.1 Å². The molecule has 0 aliphatic carbocycles. The van der Waals surface area contributed by atoms with Gasteiger partial charge in [0.2, 0.25) is 12.8 Å². The normalized spacial score (nSPS) is 19.5. The van der Waals surface area contributed by atoms with Crippen LogP contribution in [0.2, 0.25) is 18.6 Å². The Kier molecular flexibility index (Phi) is 11.7. The number of aliphatic hydroxyl groups excluding tert-OH is 1. The van der Waals surface area contributed by atoms with Crippen molar-refractivity contribution in [2.24, 2.45) is 5.92 Å². The first-order valence-corrected chi connectivity index (χ1v) is 23.7. The van der Waals surface area contributed by atoms with Crippen molar-refractivity contribution in [3.8, 4) is 5.75 Å². The second-order valence-electron chi connectivity index (χ2n) is 16.3. The molecule has 2 aliphatic heterocycles. The van der Waals surface area contributed by atoms with E-state index in [1.54, 1.807) is 21.6 Å². The number of para-hydroxylation sites is 2. The van der Waals surface area contributed by atoms with Crippen LogP contribution in [-0.4, -0.2) is 66.7 Å². The molecule has 1 fully saturated rings. The quantitative estimate of drug-likeness (QED) is 0.0797. The lowest BCUT2D eigenvalue weighted by Crippen LogP contribution is -2.51. The Hall–Kier alpha value is -6.41. The summed E-state index contributed by atoms with van der Waals surface area (Å²) in [5.41, 5.74) is 4.37. The molecule has 1 aromatic heterocycles. The van der Waals surface area contributed by atoms with Gasteiger partial charge in [-0.15, -0.1) is 5.10 Å². The Balaban J connectivity index is 1.21. The highest BCUT2D eigenvalue weighted by molar-refractivity contribution is 6.91. The van der Waals surface area contributed by atoms with Crippen molar-refractivity contribution in [2.45, 2.75) is 63.2 Å². The average Bonchev–Trinajstić information content (AvgIpc) is 3.94. The fourth-order valence-corrected chi connectivity index (χ4v) is 13.5. The van der Waals surface area contributed by atoms with Gasteiger partial charge >= 0.3 is 0 Å². The minimum Gasteiger partial charge on any atom is -0.497 e. The molecule has 13 heteroatoms. The number of fused-ring (bicyclic) bond motifs is 2. The van der Waals surface area contributed by atoms with E-state index in [4.69, 9.17) is 9.47 Å². The van der Waals surface area contributed by atoms with Crippen molar-refractivity contribution in [3.63, 3.8) is 0 Å². The van der Waals surface area contributed by atoms with Gasteiger partial charge in [-0.1, -0.05) is 91.1 Å². The van der Waals surface area contributed by atoms with E-state index < -0.39 is 13.7 Å². The first kappa shape index (κ1) is 41.3. The van der Waals surface area contributed by atoms with Gasteiger partial charge in [-0.25, -0.2) is 0 Å². The molecule has 12 nitrogen and oxygen atoms in total. The Morgan fingerprint density at radius 3 is 2.05 bits per heavy atom. The van der Waals surface area contributed by atoms with Crippen LogP contribution in [0.1, 0.15) is 30.2 Å². The smallest absolute Gasteiger partial charge is 0.264 e. The van der Waals surface area contributed by atoms with Gasteiger partial charge in [0.05, 0.1) is 39.2 Å². The van der Waals surface area contributed by atoms with Crippen LogP contribution < -0.4 is 24.6 Å². The monoisotopic (exact) mass is 834 g/mol. The maximum Gasteiger partial charge on any atom is 0.264 e. The van der Waals surface area contributed by atoms with Gasteiger partial charge in [0, 0.05) is 60.0 Å². The number of methoxy groups -OCH3 is 1. The Bertz CT molecular complexity index is 2480. The third kappa shape index (κ3) is 7.64. The number of amides is 3. The second-order valence-corrected chi connectivity index (χ2v) is 21.0. The summed E-state index contributed by atoms with van der Waals surface area (Å²) < 4.78 is 14.7. The van der Waals surface area contributed by atoms with E-state index in [-0.39, 0.29) is 36.6 Å². The molecule has 0 saturated carbocycles. The maximum absolute atomic E-state index is 15.6. The lowest BCUT2D eigenvalue weighted by atomic mass is 9.82. The maximum atomic E-state index is 15.6. The van der Waals surface area contributed by atoms with Crippen molar-refractivity contribution >= 4 is 60.4 Å². The number of benzene rings is 5. The molecule has 8 rings (SSSR count). The number of aliphatic hydroxyl groups is 1. The van der Waals surface area contributed by atoms with Crippen molar-refractivity contribution in [1.82, 2.24) is 15.0 Å². The molecule has 3 amide bonds. The zero-order valence-corrected chi connectivity index (χ0v) is 35.8. The number of rotatable bonds is 16. The summed E-state index contributed by atoms with van der Waals surface area (Å²) in [7, 11) is -0.809. The number of carbonyl (C=O) groups excluding carboxylic acids is 3. The molecule has 0 bridgehead atoms. The molecule has 3 heterocycles. The Morgan fingerprint density at radius 2 is 1.44 bits per heavy atom. The third-order valence-corrected chi connectivity index (χ3v) is 16.9. The van der Waals surface area contributed by atoms with Crippen LogP contribution in [0.4, 0.5) is 28.4 Å². The van der Waals surface area contributed by atoms with Crippen molar-refractivity contribution in [2.75, 3.05) is 28.4 Å². The van der Waals surface area contributed by atoms with Gasteiger partial charge in [0.1, 0.15) is 5.75 Å². The second kappa shape index (κ2) is 17.3. The van der Waals surface area contributed by atoms with Crippen LogP contribution in [0.25, 0.3) is 0 Å². The number of aryl methyl sites for hydroxylation is 1. The van der Waals surface area contributed by atoms with Gasteiger partial charge in [-0.3, -0.25) is 28.9 Å². The topological polar surface area (TPSA) is 130 Å². The van der Waals surface area contributed by atoms with Gasteiger partial charge in [0.25, 0.3) is 5.91 Å². The van der Waals surface area contributed by atoms with Crippen LogP contribution in [0.3, 0.4) is 0 Å². The predicted molar refractivity (Wildman–Crippen MR) is 238 cm³/mol.